The van der Waals surface area contributed by atoms with Crippen molar-refractivity contribution in [2.75, 3.05) is 33.3 Å². The van der Waals surface area contributed by atoms with E-state index in [4.69, 9.17) is 18.9 Å². The van der Waals surface area contributed by atoms with Gasteiger partial charge in [-0.15, -0.1) is 0 Å². The molecule has 0 N–H and O–H groups in total. The van der Waals surface area contributed by atoms with Crippen molar-refractivity contribution >= 4 is 46.4 Å². The molecule has 2 unspecified atom stereocenters. The molecule has 2 atom stereocenters. The summed E-state index contributed by atoms with van der Waals surface area (Å²) in [6.45, 7) is 8.85. The van der Waals surface area contributed by atoms with E-state index in [9.17, 15) is 0 Å². The zero-order chi connectivity index (χ0) is 36.5. The van der Waals surface area contributed by atoms with Gasteiger partial charge in [0.2, 0.25) is 5.69 Å². The van der Waals surface area contributed by atoms with Crippen LogP contribution in [0.2, 0.25) is 0 Å². The summed E-state index contributed by atoms with van der Waals surface area (Å²) >= 11 is 0. The molecule has 0 spiro atoms. The Morgan fingerprint density at radius 1 is 0.630 bits per heavy atom. The van der Waals surface area contributed by atoms with E-state index in [-0.39, 0.29) is 45.4 Å². The van der Waals surface area contributed by atoms with Crippen LogP contribution >= 0.6 is 0 Å². The Morgan fingerprint density at radius 3 is 1.87 bits per heavy atom. The van der Waals surface area contributed by atoms with Crippen LogP contribution in [0, 0.1) is 13.8 Å². The topological polar surface area (TPSA) is 44.0 Å². The number of hydrogen-bond donors (Lipinski definition) is 0. The number of aryl methyl sites for hydroxylation is 2. The first kappa shape index (κ1) is 40.5. The number of ether oxygens (including phenoxy) is 4. The van der Waals surface area contributed by atoms with E-state index >= 15 is 0 Å². The predicted octanol–water partition coefficient (Wildman–Crippen LogP) is 7.01. The molecule has 3 radical (unpaired) electrons. The predicted molar refractivity (Wildman–Crippen MR) is 220 cm³/mol. The molecule has 0 aliphatic carbocycles. The van der Waals surface area contributed by atoms with Crippen LogP contribution in [-0.4, -0.2) is 42.9 Å². The second-order valence-corrected chi connectivity index (χ2v) is 13.5. The third-order valence-corrected chi connectivity index (χ3v) is 10.5. The SMILES string of the molecule is COc1cc(OC)c2c(C)[n+](-c3cccc4ccccc34)c(C)cc2c1.COc1cc2c(c(OC)c1)C(C)N(c1cccc3ccccc13)C(C)C2.[B].[H-].[Na+]. The summed E-state index contributed by atoms with van der Waals surface area (Å²) in [4.78, 5) is 2.53. The fraction of sp³-hybridized carbons (Fsp3) is 0.239. The quantitative estimate of drug-likeness (QED) is 0.136. The Balaban J connectivity index is 0.000000232. The number of pyridine rings is 1. The van der Waals surface area contributed by atoms with E-state index in [1.54, 1.807) is 28.4 Å². The molecule has 0 fully saturated rings. The Hall–Kier alpha value is -4.69. The van der Waals surface area contributed by atoms with Gasteiger partial charge in [0.05, 0.1) is 45.3 Å². The number of fused-ring (bicyclic) bond motifs is 4. The van der Waals surface area contributed by atoms with Crippen LogP contribution in [0.25, 0.3) is 38.0 Å². The van der Waals surface area contributed by atoms with Crippen LogP contribution in [0.4, 0.5) is 5.69 Å². The number of benzene rings is 6. The molecule has 0 bridgehead atoms. The minimum atomic E-state index is 0. The van der Waals surface area contributed by atoms with Crippen molar-refractivity contribution in [2.24, 2.45) is 0 Å². The molecular weight excluding hydrogens is 678 g/mol. The van der Waals surface area contributed by atoms with Crippen LogP contribution in [0.5, 0.6) is 23.0 Å². The van der Waals surface area contributed by atoms with Crippen molar-refractivity contribution in [1.29, 1.82) is 0 Å². The zero-order valence-electron chi connectivity index (χ0n) is 33.9. The third kappa shape index (κ3) is 7.37. The molecule has 0 saturated carbocycles. The molecule has 2 heterocycles. The number of nitrogens with zero attached hydrogens (tertiary/aromatic N) is 2. The largest absolute Gasteiger partial charge is 1.00 e. The van der Waals surface area contributed by atoms with Gasteiger partial charge in [-0.2, -0.15) is 4.57 Å². The van der Waals surface area contributed by atoms with Crippen LogP contribution in [0.1, 0.15) is 43.8 Å². The molecule has 1 aromatic heterocycles. The van der Waals surface area contributed by atoms with Gasteiger partial charge in [-0.25, -0.2) is 0 Å². The van der Waals surface area contributed by atoms with Gasteiger partial charge < -0.3 is 25.3 Å². The third-order valence-electron chi connectivity index (χ3n) is 10.5. The van der Waals surface area contributed by atoms with Gasteiger partial charge >= 0.3 is 29.6 Å². The van der Waals surface area contributed by atoms with Crippen molar-refractivity contribution in [3.8, 4) is 28.7 Å². The van der Waals surface area contributed by atoms with E-state index in [1.807, 2.05) is 12.1 Å². The standard InChI is InChI=1S/C23H25NO2.C23H22NO2.B.Na.H/c2*1-15-12-18-13-19(25-3)14-22(26-4)23(18)16(2)24(15)21-11-7-9-17-8-5-6-10-20(17)21;;;/h5-11,13-16H,12H2,1-4H3;5-14H,1-4H3;;;/q;+1;;+1;-1. The maximum atomic E-state index is 5.73. The summed E-state index contributed by atoms with van der Waals surface area (Å²) in [6.07, 6.45) is 0.969. The van der Waals surface area contributed by atoms with E-state index in [0.717, 1.165) is 45.9 Å². The van der Waals surface area contributed by atoms with Crippen LogP contribution in [-0.2, 0) is 6.42 Å². The van der Waals surface area contributed by atoms with E-state index in [0.29, 0.717) is 6.04 Å². The normalized spacial score (nSPS) is 14.6. The summed E-state index contributed by atoms with van der Waals surface area (Å²) in [7, 11) is 6.83. The van der Waals surface area contributed by atoms with E-state index < -0.39 is 0 Å². The number of rotatable bonds is 6. The summed E-state index contributed by atoms with van der Waals surface area (Å²) in [5.41, 5.74) is 7.36. The molecule has 6 nitrogen and oxygen atoms in total. The molecule has 6 aromatic carbocycles. The first-order chi connectivity index (χ1) is 25.3. The second kappa shape index (κ2) is 17.2. The van der Waals surface area contributed by atoms with Crippen molar-refractivity contribution in [3.05, 3.63) is 138 Å². The van der Waals surface area contributed by atoms with Gasteiger partial charge in [0.1, 0.15) is 23.0 Å². The zero-order valence-corrected chi connectivity index (χ0v) is 34.9. The fourth-order valence-electron chi connectivity index (χ4n) is 8.23. The molecule has 0 amide bonds. The van der Waals surface area contributed by atoms with Gasteiger partial charge in [-0.05, 0) is 60.9 Å². The summed E-state index contributed by atoms with van der Waals surface area (Å²) in [5, 5.41) is 7.26. The molecule has 7 aromatic rings. The summed E-state index contributed by atoms with van der Waals surface area (Å²) < 4.78 is 24.6. The number of methoxy groups -OCH3 is 4. The Bertz CT molecular complexity index is 2430. The Morgan fingerprint density at radius 2 is 1.20 bits per heavy atom. The van der Waals surface area contributed by atoms with Crippen LogP contribution < -0.4 is 58.0 Å². The smallest absolute Gasteiger partial charge is 1.00 e. The Kier molecular flexibility index (Phi) is 12.9. The molecule has 1 aliphatic rings. The van der Waals surface area contributed by atoms with Crippen LogP contribution in [0.15, 0.2) is 115 Å². The maximum Gasteiger partial charge on any atom is 1.00 e. The number of anilines is 1. The van der Waals surface area contributed by atoms with Crippen molar-refractivity contribution in [1.82, 2.24) is 0 Å². The minimum absolute atomic E-state index is 0. The van der Waals surface area contributed by atoms with Gasteiger partial charge in [-0.1, -0.05) is 66.7 Å². The van der Waals surface area contributed by atoms with E-state index in [2.05, 4.69) is 140 Å². The van der Waals surface area contributed by atoms with Crippen molar-refractivity contribution in [3.63, 3.8) is 0 Å². The van der Waals surface area contributed by atoms with E-state index in [1.165, 1.54) is 49.7 Å². The van der Waals surface area contributed by atoms with Gasteiger partial charge in [0.15, 0.2) is 11.4 Å². The average molecular weight is 727 g/mol. The second-order valence-electron chi connectivity index (χ2n) is 13.5. The molecule has 0 saturated heterocycles. The minimum Gasteiger partial charge on any atom is -1.00 e. The number of hydrogen-bond acceptors (Lipinski definition) is 5. The first-order valence-corrected chi connectivity index (χ1v) is 17.8. The molecule has 8 rings (SSSR count). The van der Waals surface area contributed by atoms with Gasteiger partial charge in [0, 0.05) is 74.6 Å². The molecule has 269 valence electrons. The summed E-state index contributed by atoms with van der Waals surface area (Å²) in [6, 6.07) is 41.0. The Labute approximate surface area is 345 Å². The van der Waals surface area contributed by atoms with Gasteiger partial charge in [0.25, 0.3) is 0 Å². The van der Waals surface area contributed by atoms with Crippen molar-refractivity contribution in [2.45, 2.75) is 46.2 Å². The monoisotopic (exact) mass is 726 g/mol. The molecular formula is C46H48BN2NaO4+. The molecule has 8 heteroatoms. The molecule has 54 heavy (non-hydrogen) atoms. The number of aromatic nitrogens is 1. The fourth-order valence-corrected chi connectivity index (χ4v) is 8.23. The van der Waals surface area contributed by atoms with Gasteiger partial charge in [-0.3, -0.25) is 0 Å². The van der Waals surface area contributed by atoms with Crippen LogP contribution in [0.3, 0.4) is 0 Å². The summed E-state index contributed by atoms with van der Waals surface area (Å²) in [5.74, 6) is 3.39. The maximum absolute atomic E-state index is 5.73. The first-order valence-electron chi connectivity index (χ1n) is 17.8. The average Bonchev–Trinajstić information content (AvgIpc) is 3.17. The molecule has 1 aliphatic heterocycles. The van der Waals surface area contributed by atoms with Crippen molar-refractivity contribution < 1.29 is 54.5 Å².